The van der Waals surface area contributed by atoms with Gasteiger partial charge in [0.15, 0.2) is 11.5 Å². The highest BCUT2D eigenvalue weighted by atomic mass is 32.2. The van der Waals surface area contributed by atoms with Crippen LogP contribution in [0.2, 0.25) is 0 Å². The van der Waals surface area contributed by atoms with Gasteiger partial charge < -0.3 is 14.6 Å². The number of nitrogens with one attached hydrogen (secondary N) is 1. The van der Waals surface area contributed by atoms with Crippen molar-refractivity contribution in [3.05, 3.63) is 54.1 Å². The number of carbonyl (C=O) groups is 1. The Morgan fingerprint density at radius 2 is 1.72 bits per heavy atom. The maximum atomic E-state index is 12.5. The van der Waals surface area contributed by atoms with Crippen molar-refractivity contribution in [2.75, 3.05) is 14.2 Å². The molecule has 0 fully saturated rings. The van der Waals surface area contributed by atoms with Crippen molar-refractivity contribution in [3.8, 4) is 11.5 Å². The van der Waals surface area contributed by atoms with Gasteiger partial charge in [-0.25, -0.2) is 13.1 Å². The van der Waals surface area contributed by atoms with E-state index in [2.05, 4.69) is 4.72 Å². The molecular weight excluding hydrogens is 346 g/mol. The molecule has 7 nitrogen and oxygen atoms in total. The van der Waals surface area contributed by atoms with Gasteiger partial charge in [-0.3, -0.25) is 4.79 Å². The van der Waals surface area contributed by atoms with Gasteiger partial charge in [0.25, 0.3) is 0 Å². The summed E-state index contributed by atoms with van der Waals surface area (Å²) < 4.78 is 37.8. The number of hydrogen-bond donors (Lipinski definition) is 2. The third-order valence-corrected chi connectivity index (χ3v) is 5.03. The standard InChI is InChI=1S/C17H19NO6S/c1-23-15-9-8-12(10-16(15)24-2)14(11-17(19)20)18-25(21,22)13-6-4-3-5-7-13/h3-10,14,18H,11H2,1-2H3,(H,19,20). The third-order valence-electron chi connectivity index (χ3n) is 3.54. The summed E-state index contributed by atoms with van der Waals surface area (Å²) in [5, 5.41) is 9.15. The minimum absolute atomic E-state index is 0.0610. The molecule has 0 spiro atoms. The molecule has 134 valence electrons. The van der Waals surface area contributed by atoms with Crippen LogP contribution in [0.4, 0.5) is 0 Å². The predicted molar refractivity (Wildman–Crippen MR) is 91.3 cm³/mol. The van der Waals surface area contributed by atoms with E-state index in [1.807, 2.05) is 0 Å². The molecule has 0 saturated heterocycles. The fourth-order valence-electron chi connectivity index (χ4n) is 2.33. The van der Waals surface area contributed by atoms with Crippen molar-refractivity contribution in [2.45, 2.75) is 17.4 Å². The van der Waals surface area contributed by atoms with Crippen molar-refractivity contribution in [2.24, 2.45) is 0 Å². The molecule has 0 heterocycles. The van der Waals surface area contributed by atoms with Crippen LogP contribution in [-0.2, 0) is 14.8 Å². The van der Waals surface area contributed by atoms with Crippen LogP contribution in [0, 0.1) is 0 Å². The number of sulfonamides is 1. The number of ether oxygens (including phenoxy) is 2. The average molecular weight is 365 g/mol. The third kappa shape index (κ3) is 4.71. The Balaban J connectivity index is 2.38. The van der Waals surface area contributed by atoms with Gasteiger partial charge in [0.2, 0.25) is 10.0 Å². The van der Waals surface area contributed by atoms with Crippen molar-refractivity contribution in [3.63, 3.8) is 0 Å². The van der Waals surface area contributed by atoms with Crippen molar-refractivity contribution >= 4 is 16.0 Å². The Morgan fingerprint density at radius 3 is 2.28 bits per heavy atom. The Bertz CT molecular complexity index is 835. The number of aliphatic carboxylic acids is 1. The fourth-order valence-corrected chi connectivity index (χ4v) is 3.57. The second kappa shape index (κ2) is 8.00. The van der Waals surface area contributed by atoms with E-state index >= 15 is 0 Å². The van der Waals surface area contributed by atoms with Crippen LogP contribution in [0.25, 0.3) is 0 Å². The summed E-state index contributed by atoms with van der Waals surface area (Å²) in [6.07, 6.45) is -0.415. The first-order valence-electron chi connectivity index (χ1n) is 7.38. The zero-order valence-electron chi connectivity index (χ0n) is 13.8. The maximum Gasteiger partial charge on any atom is 0.305 e. The van der Waals surface area contributed by atoms with E-state index in [1.165, 1.54) is 26.4 Å². The predicted octanol–water partition coefficient (Wildman–Crippen LogP) is 2.20. The molecule has 0 aliphatic heterocycles. The van der Waals surface area contributed by atoms with E-state index in [0.717, 1.165) is 0 Å². The lowest BCUT2D eigenvalue weighted by molar-refractivity contribution is -0.137. The van der Waals surface area contributed by atoms with Gasteiger partial charge in [-0.15, -0.1) is 0 Å². The molecule has 0 radical (unpaired) electrons. The molecule has 0 saturated carbocycles. The Hall–Kier alpha value is -2.58. The SMILES string of the molecule is COc1ccc(C(CC(=O)O)NS(=O)(=O)c2ccccc2)cc1OC. The molecule has 0 bridgehead atoms. The van der Waals surface area contributed by atoms with Gasteiger partial charge in [0.1, 0.15) is 0 Å². The molecule has 0 aliphatic rings. The molecule has 25 heavy (non-hydrogen) atoms. The van der Waals surface area contributed by atoms with Crippen LogP contribution >= 0.6 is 0 Å². The molecule has 2 rings (SSSR count). The molecule has 2 aromatic carbocycles. The normalized spacial score (nSPS) is 12.4. The Kier molecular flexibility index (Phi) is 6.00. The molecule has 2 N–H and O–H groups in total. The summed E-state index contributed by atoms with van der Waals surface area (Å²) in [5.74, 6) is -0.281. The van der Waals surface area contributed by atoms with E-state index < -0.39 is 28.5 Å². The van der Waals surface area contributed by atoms with Crippen molar-refractivity contribution in [1.82, 2.24) is 4.72 Å². The van der Waals surface area contributed by atoms with Gasteiger partial charge in [-0.1, -0.05) is 24.3 Å². The molecule has 0 aromatic heterocycles. The minimum Gasteiger partial charge on any atom is -0.493 e. The lowest BCUT2D eigenvalue weighted by Crippen LogP contribution is -2.30. The average Bonchev–Trinajstić information content (AvgIpc) is 2.60. The zero-order chi connectivity index (χ0) is 18.4. The molecule has 1 unspecified atom stereocenters. The minimum atomic E-state index is -3.87. The van der Waals surface area contributed by atoms with Gasteiger partial charge in [-0.05, 0) is 29.8 Å². The lowest BCUT2D eigenvalue weighted by Gasteiger charge is -2.19. The molecular formula is C17H19NO6S. The quantitative estimate of drug-likeness (QED) is 0.744. The van der Waals surface area contributed by atoms with Crippen LogP contribution < -0.4 is 14.2 Å². The number of methoxy groups -OCH3 is 2. The summed E-state index contributed by atoms with van der Waals surface area (Å²) in [4.78, 5) is 11.3. The number of benzene rings is 2. The van der Waals surface area contributed by atoms with Gasteiger partial charge in [0.05, 0.1) is 31.6 Å². The number of carboxylic acids is 1. The highest BCUT2D eigenvalue weighted by Crippen LogP contribution is 2.31. The summed E-state index contributed by atoms with van der Waals surface area (Å²) in [5.41, 5.74) is 0.458. The van der Waals surface area contributed by atoms with Gasteiger partial charge in [-0.2, -0.15) is 0 Å². The van der Waals surface area contributed by atoms with Crippen LogP contribution in [0.1, 0.15) is 18.0 Å². The van der Waals surface area contributed by atoms with E-state index in [4.69, 9.17) is 14.6 Å². The van der Waals surface area contributed by atoms with Crippen LogP contribution in [-0.4, -0.2) is 33.7 Å². The first-order chi connectivity index (χ1) is 11.9. The number of hydrogen-bond acceptors (Lipinski definition) is 5. The highest BCUT2D eigenvalue weighted by molar-refractivity contribution is 7.89. The summed E-state index contributed by atoms with van der Waals surface area (Å²) in [6, 6.07) is 11.6. The van der Waals surface area contributed by atoms with Gasteiger partial charge >= 0.3 is 5.97 Å². The van der Waals surface area contributed by atoms with E-state index in [9.17, 15) is 13.2 Å². The topological polar surface area (TPSA) is 102 Å². The van der Waals surface area contributed by atoms with Crippen molar-refractivity contribution < 1.29 is 27.8 Å². The Labute approximate surface area is 146 Å². The molecule has 8 heteroatoms. The van der Waals surface area contributed by atoms with E-state index in [1.54, 1.807) is 36.4 Å². The number of carboxylic acid groups (broad SMARTS) is 1. The fraction of sp³-hybridized carbons (Fsp3) is 0.235. The first kappa shape index (κ1) is 18.8. The van der Waals surface area contributed by atoms with Crippen LogP contribution in [0.5, 0.6) is 11.5 Å². The lowest BCUT2D eigenvalue weighted by atomic mass is 10.0. The van der Waals surface area contributed by atoms with Crippen LogP contribution in [0.3, 0.4) is 0 Å². The second-order valence-corrected chi connectivity index (χ2v) is 6.91. The molecule has 2 aromatic rings. The van der Waals surface area contributed by atoms with E-state index in [-0.39, 0.29) is 4.90 Å². The maximum absolute atomic E-state index is 12.5. The van der Waals surface area contributed by atoms with Crippen LogP contribution in [0.15, 0.2) is 53.4 Å². The Morgan fingerprint density at radius 1 is 1.08 bits per heavy atom. The highest BCUT2D eigenvalue weighted by Gasteiger charge is 2.24. The van der Waals surface area contributed by atoms with Crippen molar-refractivity contribution in [1.29, 1.82) is 0 Å². The summed E-state index contributed by atoms with van der Waals surface area (Å²) in [7, 11) is -0.951. The largest absolute Gasteiger partial charge is 0.493 e. The monoisotopic (exact) mass is 365 g/mol. The molecule has 1 atom stereocenters. The smallest absolute Gasteiger partial charge is 0.305 e. The first-order valence-corrected chi connectivity index (χ1v) is 8.87. The summed E-state index contributed by atoms with van der Waals surface area (Å²) >= 11 is 0. The molecule has 0 aliphatic carbocycles. The number of rotatable bonds is 8. The summed E-state index contributed by atoms with van der Waals surface area (Å²) in [6.45, 7) is 0. The molecule has 0 amide bonds. The van der Waals surface area contributed by atoms with Gasteiger partial charge in [0, 0.05) is 0 Å². The van der Waals surface area contributed by atoms with E-state index in [0.29, 0.717) is 17.1 Å². The zero-order valence-corrected chi connectivity index (χ0v) is 14.6. The second-order valence-electron chi connectivity index (χ2n) is 5.20.